The fourth-order valence-electron chi connectivity index (χ4n) is 2.25. The van der Waals surface area contributed by atoms with Crippen LogP contribution in [-0.2, 0) is 9.53 Å². The Morgan fingerprint density at radius 2 is 1.63 bits per heavy atom. The van der Waals surface area contributed by atoms with E-state index >= 15 is 0 Å². The number of hydrogen-bond acceptors (Lipinski definition) is 6. The van der Waals surface area contributed by atoms with Crippen LogP contribution in [0.3, 0.4) is 0 Å². The Morgan fingerprint density at radius 1 is 1.04 bits per heavy atom. The Labute approximate surface area is 159 Å². The average molecular weight is 380 g/mol. The Kier molecular flexibility index (Phi) is 9.25. The maximum absolute atomic E-state index is 11.7. The van der Waals surface area contributed by atoms with E-state index in [1.807, 2.05) is 20.8 Å². The number of amides is 1. The summed E-state index contributed by atoms with van der Waals surface area (Å²) in [5, 5.41) is 13.3. The second kappa shape index (κ2) is 11.2. The molecule has 0 aliphatic heterocycles. The number of non-ortho nitro benzene ring substituents is 1. The molecule has 8 heteroatoms. The molecule has 0 saturated heterocycles. The van der Waals surface area contributed by atoms with Gasteiger partial charge in [0.05, 0.1) is 4.92 Å². The lowest BCUT2D eigenvalue weighted by Crippen LogP contribution is -2.32. The van der Waals surface area contributed by atoms with Gasteiger partial charge in [0.25, 0.3) is 5.69 Å². The monoisotopic (exact) mass is 380 g/mol. The van der Waals surface area contributed by atoms with E-state index in [0.717, 1.165) is 25.7 Å². The van der Waals surface area contributed by atoms with E-state index in [1.165, 1.54) is 24.3 Å². The van der Waals surface area contributed by atoms with Gasteiger partial charge in [-0.1, -0.05) is 19.3 Å². The minimum atomic E-state index is -0.505. The first kappa shape index (κ1) is 22.4. The standard InChI is InChI=1S/C19H28N2O6/c1-19(2,3)27-18(23)20-14-8-6-4-5-7-9-17(22)26-16-12-10-15(11-13-16)21(24)25/h10-13H,4-9,14H2,1-3H3,(H,20,23). The van der Waals surface area contributed by atoms with Gasteiger partial charge in [-0.15, -0.1) is 0 Å². The minimum absolute atomic E-state index is 0.0454. The maximum Gasteiger partial charge on any atom is 0.407 e. The topological polar surface area (TPSA) is 108 Å². The number of alkyl carbamates (subject to hydrolysis) is 1. The van der Waals surface area contributed by atoms with Crippen LogP contribution in [0.15, 0.2) is 24.3 Å². The van der Waals surface area contributed by atoms with Crippen LogP contribution >= 0.6 is 0 Å². The highest BCUT2D eigenvalue weighted by Crippen LogP contribution is 2.18. The summed E-state index contributed by atoms with van der Waals surface area (Å²) in [5.41, 5.74) is -0.538. The maximum atomic E-state index is 11.7. The summed E-state index contributed by atoms with van der Waals surface area (Å²) in [6, 6.07) is 5.42. The van der Waals surface area contributed by atoms with Crippen LogP contribution in [0, 0.1) is 10.1 Å². The summed E-state index contributed by atoms with van der Waals surface area (Å²) in [6.07, 6.45) is 4.26. The van der Waals surface area contributed by atoms with Crippen molar-refractivity contribution in [2.75, 3.05) is 6.54 Å². The number of carbonyl (C=O) groups is 2. The summed E-state index contributed by atoms with van der Waals surface area (Å²) in [5.74, 6) is -0.0470. The molecular formula is C19H28N2O6. The number of rotatable bonds is 10. The Bertz CT molecular complexity index is 622. The van der Waals surface area contributed by atoms with Crippen molar-refractivity contribution in [3.63, 3.8) is 0 Å². The molecule has 0 unspecified atom stereocenters. The highest BCUT2D eigenvalue weighted by Gasteiger charge is 2.15. The highest BCUT2D eigenvalue weighted by atomic mass is 16.6. The summed E-state index contributed by atoms with van der Waals surface area (Å²) in [6.45, 7) is 6.02. The number of benzene rings is 1. The number of esters is 1. The van der Waals surface area contributed by atoms with Gasteiger partial charge in [-0.25, -0.2) is 4.79 Å². The Hall–Kier alpha value is -2.64. The second-order valence-electron chi connectivity index (χ2n) is 7.17. The van der Waals surface area contributed by atoms with Crippen LogP contribution in [0.5, 0.6) is 5.75 Å². The molecule has 0 heterocycles. The van der Waals surface area contributed by atoms with Crippen molar-refractivity contribution in [2.24, 2.45) is 0 Å². The molecule has 1 aromatic rings. The van der Waals surface area contributed by atoms with Gasteiger partial charge in [0.2, 0.25) is 0 Å². The Morgan fingerprint density at radius 3 is 2.22 bits per heavy atom. The number of ether oxygens (including phenoxy) is 2. The van der Waals surface area contributed by atoms with Gasteiger partial charge in [-0.05, 0) is 45.7 Å². The van der Waals surface area contributed by atoms with E-state index in [9.17, 15) is 19.7 Å². The molecule has 1 amide bonds. The van der Waals surface area contributed by atoms with Crippen molar-refractivity contribution in [3.05, 3.63) is 34.4 Å². The first-order valence-corrected chi connectivity index (χ1v) is 9.09. The van der Waals surface area contributed by atoms with Crippen molar-refractivity contribution < 1.29 is 24.0 Å². The van der Waals surface area contributed by atoms with Crippen molar-refractivity contribution in [3.8, 4) is 5.75 Å². The van der Waals surface area contributed by atoms with Crippen molar-refractivity contribution in [2.45, 2.75) is 64.9 Å². The third-order valence-electron chi connectivity index (χ3n) is 3.51. The SMILES string of the molecule is CC(C)(C)OC(=O)NCCCCCCCC(=O)Oc1ccc([N+](=O)[O-])cc1. The van der Waals surface area contributed by atoms with E-state index < -0.39 is 16.6 Å². The second-order valence-corrected chi connectivity index (χ2v) is 7.17. The molecule has 0 saturated carbocycles. The summed E-state index contributed by atoms with van der Waals surface area (Å²) in [4.78, 5) is 33.2. The predicted octanol–water partition coefficient (Wildman–Crippen LogP) is 4.37. The largest absolute Gasteiger partial charge is 0.444 e. The summed E-state index contributed by atoms with van der Waals surface area (Å²) < 4.78 is 10.3. The first-order chi connectivity index (χ1) is 12.7. The molecule has 0 fully saturated rings. The van der Waals surface area contributed by atoms with E-state index in [-0.39, 0.29) is 11.7 Å². The fourth-order valence-corrected chi connectivity index (χ4v) is 2.25. The predicted molar refractivity (Wildman–Crippen MR) is 101 cm³/mol. The van der Waals surface area contributed by atoms with Gasteiger partial charge >= 0.3 is 12.1 Å². The molecule has 8 nitrogen and oxygen atoms in total. The van der Waals surface area contributed by atoms with Crippen molar-refractivity contribution in [1.29, 1.82) is 0 Å². The molecule has 27 heavy (non-hydrogen) atoms. The van der Waals surface area contributed by atoms with E-state index in [2.05, 4.69) is 5.32 Å². The number of unbranched alkanes of at least 4 members (excludes halogenated alkanes) is 4. The zero-order valence-corrected chi connectivity index (χ0v) is 16.2. The average Bonchev–Trinajstić information content (AvgIpc) is 2.56. The third-order valence-corrected chi connectivity index (χ3v) is 3.51. The van der Waals surface area contributed by atoms with Gasteiger partial charge < -0.3 is 14.8 Å². The smallest absolute Gasteiger partial charge is 0.407 e. The van der Waals surface area contributed by atoms with Gasteiger partial charge in [0.15, 0.2) is 0 Å². The number of nitro groups is 1. The van der Waals surface area contributed by atoms with Crippen LogP contribution in [-0.4, -0.2) is 29.1 Å². The lowest BCUT2D eigenvalue weighted by molar-refractivity contribution is -0.384. The fraction of sp³-hybridized carbons (Fsp3) is 0.579. The summed E-state index contributed by atoms with van der Waals surface area (Å²) in [7, 11) is 0. The number of hydrogen-bond donors (Lipinski definition) is 1. The minimum Gasteiger partial charge on any atom is -0.444 e. The van der Waals surface area contributed by atoms with Gasteiger partial charge in [-0.2, -0.15) is 0 Å². The Balaban J connectivity index is 2.05. The van der Waals surface area contributed by atoms with Crippen LogP contribution in [0.2, 0.25) is 0 Å². The third kappa shape index (κ3) is 10.8. The number of nitrogens with one attached hydrogen (secondary N) is 1. The molecule has 150 valence electrons. The molecule has 0 bridgehead atoms. The van der Waals surface area contributed by atoms with Gasteiger partial charge in [0, 0.05) is 25.1 Å². The van der Waals surface area contributed by atoms with Gasteiger partial charge in [-0.3, -0.25) is 14.9 Å². The molecule has 0 spiro atoms. The lowest BCUT2D eigenvalue weighted by atomic mass is 10.1. The van der Waals surface area contributed by atoms with Gasteiger partial charge in [0.1, 0.15) is 11.4 Å². The van der Waals surface area contributed by atoms with Crippen LogP contribution < -0.4 is 10.1 Å². The molecule has 0 atom stereocenters. The molecule has 0 aromatic heterocycles. The van der Waals surface area contributed by atoms with Crippen LogP contribution in [0.4, 0.5) is 10.5 Å². The summed E-state index contributed by atoms with van der Waals surface area (Å²) >= 11 is 0. The molecule has 1 aromatic carbocycles. The first-order valence-electron chi connectivity index (χ1n) is 9.09. The van der Waals surface area contributed by atoms with E-state index in [0.29, 0.717) is 25.1 Å². The normalized spacial score (nSPS) is 10.9. The highest BCUT2D eigenvalue weighted by molar-refractivity contribution is 5.72. The number of nitro benzene ring substituents is 1. The molecule has 1 N–H and O–H groups in total. The molecule has 0 aliphatic carbocycles. The molecule has 0 radical (unpaired) electrons. The quantitative estimate of drug-likeness (QED) is 0.212. The zero-order chi connectivity index (χ0) is 20.3. The lowest BCUT2D eigenvalue weighted by Gasteiger charge is -2.19. The van der Waals surface area contributed by atoms with E-state index in [1.54, 1.807) is 0 Å². The zero-order valence-electron chi connectivity index (χ0n) is 16.2. The molecule has 1 rings (SSSR count). The van der Waals surface area contributed by atoms with Crippen molar-refractivity contribution >= 4 is 17.7 Å². The van der Waals surface area contributed by atoms with Crippen LogP contribution in [0.25, 0.3) is 0 Å². The number of carbonyl (C=O) groups excluding carboxylic acids is 2. The molecule has 0 aliphatic rings. The molecular weight excluding hydrogens is 352 g/mol. The van der Waals surface area contributed by atoms with Crippen LogP contribution in [0.1, 0.15) is 59.3 Å². The number of nitrogens with zero attached hydrogens (tertiary/aromatic N) is 1. The van der Waals surface area contributed by atoms with E-state index in [4.69, 9.17) is 9.47 Å². The van der Waals surface area contributed by atoms with Crippen molar-refractivity contribution in [1.82, 2.24) is 5.32 Å².